The van der Waals surface area contributed by atoms with Crippen LogP contribution >= 0.6 is 15.9 Å². The van der Waals surface area contributed by atoms with Gasteiger partial charge in [0.05, 0.1) is 6.61 Å². The maximum atomic E-state index is 11.4. The van der Waals surface area contributed by atoms with Crippen molar-refractivity contribution in [1.29, 1.82) is 0 Å². The first kappa shape index (κ1) is 14.4. The smallest absolute Gasteiger partial charge is 0.330 e. The van der Waals surface area contributed by atoms with Crippen LogP contribution in [0.4, 0.5) is 0 Å². The van der Waals surface area contributed by atoms with E-state index in [0.29, 0.717) is 18.6 Å². The number of halogens is 1. The molecule has 0 aliphatic heterocycles. The average molecular weight is 326 g/mol. The van der Waals surface area contributed by atoms with Crippen LogP contribution < -0.4 is 0 Å². The number of esters is 1. The molecular weight excluding hydrogens is 306 g/mol. The van der Waals surface area contributed by atoms with Gasteiger partial charge < -0.3 is 9.30 Å². The Hall–Kier alpha value is -1.03. The second-order valence-electron chi connectivity index (χ2n) is 5.05. The minimum Gasteiger partial charge on any atom is -0.463 e. The van der Waals surface area contributed by atoms with Crippen LogP contribution in [0.1, 0.15) is 44.8 Å². The van der Waals surface area contributed by atoms with Crippen LogP contribution in [0.5, 0.6) is 0 Å². The Morgan fingerprint density at radius 2 is 2.37 bits per heavy atom. The average Bonchev–Trinajstić information content (AvgIpc) is 2.93. The lowest BCUT2D eigenvalue weighted by molar-refractivity contribution is -0.137. The van der Waals surface area contributed by atoms with Crippen molar-refractivity contribution in [3.05, 3.63) is 28.5 Å². The molecule has 0 aromatic carbocycles. The molecule has 2 atom stereocenters. The molecule has 0 saturated heterocycles. The van der Waals surface area contributed by atoms with Crippen molar-refractivity contribution in [2.24, 2.45) is 5.92 Å². The fourth-order valence-corrected chi connectivity index (χ4v) is 3.22. The quantitative estimate of drug-likeness (QED) is 0.614. The van der Waals surface area contributed by atoms with Gasteiger partial charge in [0, 0.05) is 28.5 Å². The van der Waals surface area contributed by atoms with Gasteiger partial charge in [-0.2, -0.15) is 0 Å². The molecule has 0 amide bonds. The van der Waals surface area contributed by atoms with Gasteiger partial charge in [0.15, 0.2) is 0 Å². The molecule has 19 heavy (non-hydrogen) atoms. The summed E-state index contributed by atoms with van der Waals surface area (Å²) in [7, 11) is 0. The van der Waals surface area contributed by atoms with E-state index in [1.807, 2.05) is 19.1 Å². The minimum absolute atomic E-state index is 0.286. The summed E-state index contributed by atoms with van der Waals surface area (Å²) >= 11 is 3.52. The SMILES string of the molecule is CCOC(=O)/C=C/c1cc(Br)cn1[C@@H]1CCC[C@@H]1C. The summed E-state index contributed by atoms with van der Waals surface area (Å²) in [4.78, 5) is 11.4. The minimum atomic E-state index is -0.286. The Morgan fingerprint density at radius 1 is 1.58 bits per heavy atom. The van der Waals surface area contributed by atoms with Crippen LogP contribution in [0.2, 0.25) is 0 Å². The van der Waals surface area contributed by atoms with Gasteiger partial charge in [-0.25, -0.2) is 4.79 Å². The highest BCUT2D eigenvalue weighted by molar-refractivity contribution is 9.10. The molecular formula is C15H20BrNO2. The van der Waals surface area contributed by atoms with Gasteiger partial charge >= 0.3 is 5.97 Å². The molecule has 1 heterocycles. The fraction of sp³-hybridized carbons (Fsp3) is 0.533. The van der Waals surface area contributed by atoms with E-state index in [1.54, 1.807) is 0 Å². The van der Waals surface area contributed by atoms with Crippen molar-refractivity contribution < 1.29 is 9.53 Å². The molecule has 0 N–H and O–H groups in total. The molecule has 1 saturated carbocycles. The number of hydrogen-bond acceptors (Lipinski definition) is 2. The summed E-state index contributed by atoms with van der Waals surface area (Å²) in [5, 5.41) is 0. The Bertz CT molecular complexity index is 478. The summed E-state index contributed by atoms with van der Waals surface area (Å²) < 4.78 is 8.24. The van der Waals surface area contributed by atoms with Crippen LogP contribution in [0.15, 0.2) is 22.8 Å². The fourth-order valence-electron chi connectivity index (χ4n) is 2.76. The van der Waals surface area contributed by atoms with E-state index in [-0.39, 0.29) is 5.97 Å². The number of carbonyl (C=O) groups excluding carboxylic acids is 1. The van der Waals surface area contributed by atoms with E-state index in [1.165, 1.54) is 25.3 Å². The molecule has 3 nitrogen and oxygen atoms in total. The standard InChI is InChI=1S/C15H20BrNO2/c1-3-19-15(18)8-7-13-9-12(16)10-17(13)14-6-4-5-11(14)2/h7-11,14H,3-6H2,1-2H3/b8-7+/t11-,14+/m0/s1. The van der Waals surface area contributed by atoms with Gasteiger partial charge in [0.2, 0.25) is 0 Å². The molecule has 0 radical (unpaired) electrons. The molecule has 1 aromatic rings. The third-order valence-corrected chi connectivity index (χ3v) is 4.13. The van der Waals surface area contributed by atoms with Gasteiger partial charge in [-0.1, -0.05) is 13.3 Å². The number of ether oxygens (including phenoxy) is 1. The normalized spacial score (nSPS) is 23.1. The van der Waals surface area contributed by atoms with E-state index >= 15 is 0 Å². The van der Waals surface area contributed by atoms with Gasteiger partial charge in [-0.3, -0.25) is 0 Å². The first-order chi connectivity index (χ1) is 9.11. The molecule has 4 heteroatoms. The lowest BCUT2D eigenvalue weighted by atomic mass is 10.1. The number of aromatic nitrogens is 1. The molecule has 2 rings (SSSR count). The molecule has 104 valence electrons. The highest BCUT2D eigenvalue weighted by Crippen LogP contribution is 2.37. The first-order valence-electron chi connectivity index (χ1n) is 6.84. The van der Waals surface area contributed by atoms with E-state index < -0.39 is 0 Å². The molecule has 0 unspecified atom stereocenters. The van der Waals surface area contributed by atoms with Gasteiger partial charge in [0.1, 0.15) is 0 Å². The number of nitrogens with zero attached hydrogens (tertiary/aromatic N) is 1. The zero-order valence-corrected chi connectivity index (χ0v) is 13.0. The van der Waals surface area contributed by atoms with Crippen molar-refractivity contribution in [3.8, 4) is 0 Å². The van der Waals surface area contributed by atoms with Gasteiger partial charge in [-0.05, 0) is 53.8 Å². The highest BCUT2D eigenvalue weighted by Gasteiger charge is 2.25. The summed E-state index contributed by atoms with van der Waals surface area (Å²) in [5.41, 5.74) is 1.05. The molecule has 1 fully saturated rings. The van der Waals surface area contributed by atoms with Crippen molar-refractivity contribution in [2.75, 3.05) is 6.61 Å². The van der Waals surface area contributed by atoms with Crippen LogP contribution in [-0.2, 0) is 9.53 Å². The van der Waals surface area contributed by atoms with Crippen LogP contribution in [0.3, 0.4) is 0 Å². The third-order valence-electron chi connectivity index (χ3n) is 3.70. The second kappa shape index (κ2) is 6.42. The maximum Gasteiger partial charge on any atom is 0.330 e. The highest BCUT2D eigenvalue weighted by atomic mass is 79.9. The Balaban J connectivity index is 2.18. The van der Waals surface area contributed by atoms with E-state index in [4.69, 9.17) is 4.74 Å². The third kappa shape index (κ3) is 3.50. The molecule has 1 aliphatic rings. The summed E-state index contributed by atoms with van der Waals surface area (Å²) in [6, 6.07) is 2.58. The summed E-state index contributed by atoms with van der Waals surface area (Å²) in [6.07, 6.45) is 9.22. The summed E-state index contributed by atoms with van der Waals surface area (Å²) in [5.74, 6) is 0.403. The Labute approximate surface area is 122 Å². The zero-order chi connectivity index (χ0) is 13.8. The lowest BCUT2D eigenvalue weighted by Gasteiger charge is -2.19. The van der Waals surface area contributed by atoms with E-state index in [9.17, 15) is 4.79 Å². The second-order valence-corrected chi connectivity index (χ2v) is 5.97. The summed E-state index contributed by atoms with van der Waals surface area (Å²) in [6.45, 7) is 4.52. The van der Waals surface area contributed by atoms with E-state index in [0.717, 1.165) is 10.2 Å². The number of rotatable bonds is 4. The first-order valence-corrected chi connectivity index (χ1v) is 7.63. The van der Waals surface area contributed by atoms with Crippen molar-refractivity contribution in [2.45, 2.75) is 39.2 Å². The van der Waals surface area contributed by atoms with Crippen molar-refractivity contribution >= 4 is 28.0 Å². The number of hydrogen-bond donors (Lipinski definition) is 0. The lowest BCUT2D eigenvalue weighted by Crippen LogP contribution is -2.12. The molecule has 0 spiro atoms. The largest absolute Gasteiger partial charge is 0.463 e. The Kier molecular flexibility index (Phi) is 4.86. The predicted octanol–water partition coefficient (Wildman–Crippen LogP) is 4.19. The molecule has 1 aliphatic carbocycles. The van der Waals surface area contributed by atoms with Gasteiger partial charge in [-0.15, -0.1) is 0 Å². The number of carbonyl (C=O) groups is 1. The van der Waals surface area contributed by atoms with Crippen molar-refractivity contribution in [1.82, 2.24) is 4.57 Å². The topological polar surface area (TPSA) is 31.2 Å². The molecule has 0 bridgehead atoms. The van der Waals surface area contributed by atoms with E-state index in [2.05, 4.69) is 33.6 Å². The maximum absolute atomic E-state index is 11.4. The van der Waals surface area contributed by atoms with Crippen LogP contribution in [0, 0.1) is 5.92 Å². The van der Waals surface area contributed by atoms with Crippen molar-refractivity contribution in [3.63, 3.8) is 0 Å². The Morgan fingerprint density at radius 3 is 3.00 bits per heavy atom. The van der Waals surface area contributed by atoms with Gasteiger partial charge in [0.25, 0.3) is 0 Å². The predicted molar refractivity (Wildman–Crippen MR) is 79.9 cm³/mol. The zero-order valence-electron chi connectivity index (χ0n) is 11.4. The molecule has 1 aromatic heterocycles. The van der Waals surface area contributed by atoms with Crippen LogP contribution in [-0.4, -0.2) is 17.1 Å². The monoisotopic (exact) mass is 325 g/mol. The van der Waals surface area contributed by atoms with Crippen LogP contribution in [0.25, 0.3) is 6.08 Å².